The Kier molecular flexibility index (Phi) is 4.24. The van der Waals surface area contributed by atoms with Crippen LogP contribution < -0.4 is 4.90 Å². The van der Waals surface area contributed by atoms with Gasteiger partial charge in [0.1, 0.15) is 16.5 Å². The van der Waals surface area contributed by atoms with Gasteiger partial charge >= 0.3 is 5.97 Å². The van der Waals surface area contributed by atoms with E-state index in [1.54, 1.807) is 48.8 Å². The van der Waals surface area contributed by atoms with Crippen molar-refractivity contribution >= 4 is 23.4 Å². The van der Waals surface area contributed by atoms with E-state index >= 15 is 0 Å². The zero-order chi connectivity index (χ0) is 14.7. The second-order valence-electron chi connectivity index (χ2n) is 4.22. The van der Waals surface area contributed by atoms with E-state index < -0.39 is 5.97 Å². The Morgan fingerprint density at radius 1 is 1.50 bits per heavy atom. The van der Waals surface area contributed by atoms with Gasteiger partial charge in [0.25, 0.3) is 0 Å². The topological polar surface area (TPSA) is 60.2 Å². The number of esters is 1. The second-order valence-corrected chi connectivity index (χ2v) is 4.61. The fourth-order valence-electron chi connectivity index (χ4n) is 1.70. The molecule has 2 aromatic rings. The number of ether oxygens (including phenoxy) is 1. The number of hydrogen-bond acceptors (Lipinski definition) is 5. The van der Waals surface area contributed by atoms with Crippen LogP contribution in [0.15, 0.2) is 24.5 Å². The molecule has 0 bridgehead atoms. The van der Waals surface area contributed by atoms with Gasteiger partial charge in [-0.15, -0.1) is 0 Å². The van der Waals surface area contributed by atoms with Crippen molar-refractivity contribution in [3.05, 3.63) is 35.2 Å². The molecule has 106 valence electrons. The van der Waals surface area contributed by atoms with Gasteiger partial charge in [0.05, 0.1) is 6.61 Å². The number of anilines is 1. The fourth-order valence-corrected chi connectivity index (χ4v) is 1.90. The molecule has 0 aliphatic carbocycles. The molecule has 6 nitrogen and oxygen atoms in total. The minimum Gasteiger partial charge on any atom is -0.462 e. The first-order chi connectivity index (χ1) is 9.54. The lowest BCUT2D eigenvalue weighted by Gasteiger charge is -2.16. The molecule has 7 heteroatoms. The summed E-state index contributed by atoms with van der Waals surface area (Å²) in [5, 5.41) is 0.499. The third-order valence-corrected chi connectivity index (χ3v) is 2.90. The predicted molar refractivity (Wildman–Crippen MR) is 76.7 cm³/mol. The summed E-state index contributed by atoms with van der Waals surface area (Å²) in [6, 6.07) is 3.53. The molecule has 2 rings (SSSR count). The lowest BCUT2D eigenvalue weighted by molar-refractivity contribution is 0.0526. The molecule has 0 saturated heterocycles. The Labute approximate surface area is 122 Å². The lowest BCUT2D eigenvalue weighted by Crippen LogP contribution is -2.19. The van der Waals surface area contributed by atoms with Crippen LogP contribution in [0.25, 0.3) is 5.95 Å². The predicted octanol–water partition coefficient (Wildman–Crippen LogP) is 2.16. The van der Waals surface area contributed by atoms with E-state index in [1.807, 2.05) is 0 Å². The third-order valence-electron chi connectivity index (χ3n) is 2.59. The first kappa shape index (κ1) is 14.3. The number of carbonyl (C=O) groups excluding carboxylic acids is 1. The standard InChI is InChI=1S/C13H15ClN4O2/c1-4-20-12(19)9-8-15-13(16-11(9)17(2)3)18-7-5-6-10(18)14/h5-8H,4H2,1-3H3. The summed E-state index contributed by atoms with van der Waals surface area (Å²) in [5.41, 5.74) is 0.323. The van der Waals surface area contributed by atoms with Crippen molar-refractivity contribution in [3.63, 3.8) is 0 Å². The highest BCUT2D eigenvalue weighted by atomic mass is 35.5. The van der Waals surface area contributed by atoms with Gasteiger partial charge in [-0.1, -0.05) is 11.6 Å². The van der Waals surface area contributed by atoms with E-state index in [4.69, 9.17) is 16.3 Å². The molecule has 0 aliphatic heterocycles. The Bertz CT molecular complexity index is 625. The van der Waals surface area contributed by atoms with Crippen LogP contribution >= 0.6 is 11.6 Å². The Balaban J connectivity index is 2.48. The molecule has 2 heterocycles. The summed E-state index contributed by atoms with van der Waals surface area (Å²) >= 11 is 6.04. The largest absolute Gasteiger partial charge is 0.462 e. The van der Waals surface area contributed by atoms with E-state index in [2.05, 4.69) is 9.97 Å². The van der Waals surface area contributed by atoms with Gasteiger partial charge in [-0.3, -0.25) is 4.57 Å². The number of halogens is 1. The van der Waals surface area contributed by atoms with Gasteiger partial charge in [-0.2, -0.15) is 4.98 Å². The van der Waals surface area contributed by atoms with Crippen molar-refractivity contribution < 1.29 is 9.53 Å². The first-order valence-electron chi connectivity index (χ1n) is 6.09. The van der Waals surface area contributed by atoms with E-state index in [1.165, 1.54) is 6.20 Å². The molecule has 0 atom stereocenters. The molecule has 0 saturated carbocycles. The average molecular weight is 295 g/mol. The SMILES string of the molecule is CCOC(=O)c1cnc(-n2cccc2Cl)nc1N(C)C. The fraction of sp³-hybridized carbons (Fsp3) is 0.308. The highest BCUT2D eigenvalue weighted by Gasteiger charge is 2.18. The van der Waals surface area contributed by atoms with Crippen molar-refractivity contribution in [3.8, 4) is 5.95 Å². The average Bonchev–Trinajstić information content (AvgIpc) is 2.84. The molecule has 20 heavy (non-hydrogen) atoms. The summed E-state index contributed by atoms with van der Waals surface area (Å²) < 4.78 is 6.62. The van der Waals surface area contributed by atoms with Crippen molar-refractivity contribution in [1.82, 2.24) is 14.5 Å². The summed E-state index contributed by atoms with van der Waals surface area (Å²) in [5.74, 6) is 0.441. The maximum atomic E-state index is 11.9. The van der Waals surface area contributed by atoms with Gasteiger partial charge in [0.2, 0.25) is 5.95 Å². The summed E-state index contributed by atoms with van der Waals surface area (Å²) in [6.45, 7) is 2.05. The van der Waals surface area contributed by atoms with E-state index in [9.17, 15) is 4.79 Å². The molecule has 0 fully saturated rings. The Morgan fingerprint density at radius 2 is 2.25 bits per heavy atom. The molecule has 0 radical (unpaired) electrons. The quantitative estimate of drug-likeness (QED) is 0.809. The Morgan fingerprint density at radius 3 is 2.80 bits per heavy atom. The van der Waals surface area contributed by atoms with Gasteiger partial charge in [-0.05, 0) is 19.1 Å². The molecule has 0 N–H and O–H groups in total. The van der Waals surface area contributed by atoms with Crippen molar-refractivity contribution in [2.24, 2.45) is 0 Å². The number of rotatable bonds is 4. The van der Waals surface area contributed by atoms with Crippen LogP contribution in [-0.2, 0) is 4.74 Å². The minimum absolute atomic E-state index is 0.302. The number of hydrogen-bond donors (Lipinski definition) is 0. The van der Waals surface area contributed by atoms with Crippen molar-refractivity contribution in [1.29, 1.82) is 0 Å². The molecule has 2 aromatic heterocycles. The van der Waals surface area contributed by atoms with Crippen LogP contribution in [0.1, 0.15) is 17.3 Å². The van der Waals surface area contributed by atoms with Gasteiger partial charge in [0.15, 0.2) is 0 Å². The minimum atomic E-state index is -0.443. The highest BCUT2D eigenvalue weighted by Crippen LogP contribution is 2.20. The number of aromatic nitrogens is 3. The van der Waals surface area contributed by atoms with Crippen molar-refractivity contribution in [2.75, 3.05) is 25.6 Å². The monoisotopic (exact) mass is 294 g/mol. The summed E-state index contributed by atoms with van der Waals surface area (Å²) in [4.78, 5) is 22.1. The normalized spacial score (nSPS) is 10.4. The number of carbonyl (C=O) groups is 1. The maximum Gasteiger partial charge on any atom is 0.343 e. The van der Waals surface area contributed by atoms with Crippen LogP contribution in [0.2, 0.25) is 5.15 Å². The number of nitrogens with zero attached hydrogens (tertiary/aromatic N) is 4. The first-order valence-corrected chi connectivity index (χ1v) is 6.47. The molecule has 0 aromatic carbocycles. The molecular formula is C13H15ClN4O2. The van der Waals surface area contributed by atoms with Crippen LogP contribution in [0.5, 0.6) is 0 Å². The second kappa shape index (κ2) is 5.92. The van der Waals surface area contributed by atoms with E-state index in [0.717, 1.165) is 0 Å². The van der Waals surface area contributed by atoms with Gasteiger partial charge < -0.3 is 9.64 Å². The lowest BCUT2D eigenvalue weighted by atomic mass is 10.3. The summed E-state index contributed by atoms with van der Waals surface area (Å²) in [6.07, 6.45) is 3.20. The maximum absolute atomic E-state index is 11.9. The van der Waals surface area contributed by atoms with Crippen molar-refractivity contribution in [2.45, 2.75) is 6.92 Å². The van der Waals surface area contributed by atoms with Gasteiger partial charge in [-0.25, -0.2) is 9.78 Å². The molecular weight excluding hydrogens is 280 g/mol. The van der Waals surface area contributed by atoms with E-state index in [-0.39, 0.29) is 0 Å². The molecule has 0 spiro atoms. The molecule has 0 aliphatic rings. The highest BCUT2D eigenvalue weighted by molar-refractivity contribution is 6.29. The molecule has 0 unspecified atom stereocenters. The summed E-state index contributed by atoms with van der Waals surface area (Å²) in [7, 11) is 3.60. The smallest absolute Gasteiger partial charge is 0.343 e. The molecule has 0 amide bonds. The third kappa shape index (κ3) is 2.75. The zero-order valence-electron chi connectivity index (χ0n) is 11.5. The van der Waals surface area contributed by atoms with E-state index in [0.29, 0.717) is 29.1 Å². The Hall–Kier alpha value is -2.08. The van der Waals surface area contributed by atoms with Gasteiger partial charge in [0, 0.05) is 26.5 Å². The zero-order valence-corrected chi connectivity index (χ0v) is 12.3. The van der Waals surface area contributed by atoms with Crippen LogP contribution in [0.3, 0.4) is 0 Å². The van der Waals surface area contributed by atoms with Crippen LogP contribution in [0.4, 0.5) is 5.82 Å². The van der Waals surface area contributed by atoms with Crippen LogP contribution in [-0.4, -0.2) is 41.2 Å². The van der Waals surface area contributed by atoms with Crippen LogP contribution in [0, 0.1) is 0 Å².